The smallest absolute Gasteiger partial charge is 0.372 e. The zero-order valence-corrected chi connectivity index (χ0v) is 15.7. The van der Waals surface area contributed by atoms with Crippen LogP contribution in [0.25, 0.3) is 10.9 Å². The molecule has 148 valence electrons. The van der Waals surface area contributed by atoms with E-state index < -0.39 is 11.7 Å². The van der Waals surface area contributed by atoms with E-state index in [1.165, 1.54) is 7.05 Å². The number of aromatic nitrogens is 3. The van der Waals surface area contributed by atoms with E-state index in [4.69, 9.17) is 0 Å². The van der Waals surface area contributed by atoms with E-state index in [1.807, 2.05) is 20.0 Å². The van der Waals surface area contributed by atoms with Crippen LogP contribution in [-0.2, 0) is 13.2 Å². The molecule has 0 spiro atoms. The summed E-state index contributed by atoms with van der Waals surface area (Å²) < 4.78 is 40.8. The van der Waals surface area contributed by atoms with Crippen LogP contribution in [0.4, 0.5) is 30.6 Å². The molecule has 10 heteroatoms. The number of anilines is 3. The summed E-state index contributed by atoms with van der Waals surface area (Å²) in [7, 11) is 4.73. The van der Waals surface area contributed by atoms with Crippen molar-refractivity contribution in [3.8, 4) is 0 Å². The lowest BCUT2D eigenvalue weighted by molar-refractivity contribution is -0.137. The lowest BCUT2D eigenvalue weighted by Crippen LogP contribution is -2.17. The summed E-state index contributed by atoms with van der Waals surface area (Å²) in [6.45, 7) is 1.82. The number of fused-ring (bicyclic) bond motifs is 1. The molecule has 7 nitrogen and oxygen atoms in total. The molecule has 2 aromatic heterocycles. The average Bonchev–Trinajstić information content (AvgIpc) is 2.96. The zero-order valence-electron chi connectivity index (χ0n) is 15.7. The van der Waals surface area contributed by atoms with Crippen LogP contribution in [0.15, 0.2) is 24.5 Å². The molecule has 1 aromatic carbocycles. The molecule has 0 atom stereocenters. The Bertz CT molecular complexity index is 1060. The van der Waals surface area contributed by atoms with Gasteiger partial charge in [-0.05, 0) is 24.6 Å². The van der Waals surface area contributed by atoms with Gasteiger partial charge in [-0.2, -0.15) is 18.2 Å². The minimum Gasteiger partial charge on any atom is -0.372 e. The van der Waals surface area contributed by atoms with E-state index in [9.17, 15) is 18.0 Å². The van der Waals surface area contributed by atoms with Crippen molar-refractivity contribution in [1.82, 2.24) is 19.9 Å². The predicted octanol–water partition coefficient (Wildman–Crippen LogP) is 3.44. The molecule has 0 aliphatic heterocycles. The van der Waals surface area contributed by atoms with Crippen molar-refractivity contribution in [3.05, 3.63) is 41.2 Å². The van der Waals surface area contributed by atoms with Crippen LogP contribution in [0.1, 0.15) is 21.5 Å². The van der Waals surface area contributed by atoms with Gasteiger partial charge in [0.15, 0.2) is 0 Å². The predicted molar refractivity (Wildman–Crippen MR) is 101 cm³/mol. The van der Waals surface area contributed by atoms with Gasteiger partial charge in [0, 0.05) is 44.6 Å². The Kier molecular flexibility index (Phi) is 4.88. The van der Waals surface area contributed by atoms with Gasteiger partial charge in [-0.3, -0.25) is 4.79 Å². The van der Waals surface area contributed by atoms with Crippen molar-refractivity contribution in [1.29, 1.82) is 0 Å². The molecular weight excluding hydrogens is 373 g/mol. The summed E-state index contributed by atoms with van der Waals surface area (Å²) in [5.41, 5.74) is 1.80. The number of amides is 1. The standard InChI is InChI=1S/C18H19F3N6O/c1-9-5-10-11(16(28)23-3)8-27(4)14(10)6-13(9)25-17-24-7-12(18(19,20)21)15(22-2)26-17/h5-8H,1-4H3,(H,23,28)(H2,22,24,25,26). The molecule has 0 aliphatic carbocycles. The number of hydrogen-bond donors (Lipinski definition) is 3. The number of carbonyl (C=O) groups is 1. The highest BCUT2D eigenvalue weighted by molar-refractivity contribution is 6.07. The molecule has 0 saturated carbocycles. The molecule has 1 amide bonds. The van der Waals surface area contributed by atoms with E-state index in [2.05, 4.69) is 25.9 Å². The van der Waals surface area contributed by atoms with Gasteiger partial charge in [0.2, 0.25) is 5.95 Å². The molecule has 0 radical (unpaired) electrons. The maximum absolute atomic E-state index is 13.0. The highest BCUT2D eigenvalue weighted by Gasteiger charge is 2.35. The van der Waals surface area contributed by atoms with Crippen molar-refractivity contribution in [2.45, 2.75) is 13.1 Å². The van der Waals surface area contributed by atoms with Gasteiger partial charge in [0.1, 0.15) is 11.4 Å². The summed E-state index contributed by atoms with van der Waals surface area (Å²) >= 11 is 0. The summed E-state index contributed by atoms with van der Waals surface area (Å²) in [6, 6.07) is 3.64. The van der Waals surface area contributed by atoms with E-state index in [-0.39, 0.29) is 17.7 Å². The third kappa shape index (κ3) is 3.45. The van der Waals surface area contributed by atoms with Gasteiger partial charge >= 0.3 is 6.18 Å². The highest BCUT2D eigenvalue weighted by atomic mass is 19.4. The number of benzene rings is 1. The Morgan fingerprint density at radius 2 is 1.93 bits per heavy atom. The van der Waals surface area contributed by atoms with Gasteiger partial charge in [0.25, 0.3) is 5.91 Å². The van der Waals surface area contributed by atoms with Crippen molar-refractivity contribution < 1.29 is 18.0 Å². The fourth-order valence-corrected chi connectivity index (χ4v) is 2.95. The number of aryl methyl sites for hydroxylation is 2. The first-order chi connectivity index (χ1) is 13.2. The third-order valence-electron chi connectivity index (χ3n) is 4.38. The number of nitrogens with zero attached hydrogens (tertiary/aromatic N) is 3. The second kappa shape index (κ2) is 7.02. The van der Waals surface area contributed by atoms with Crippen LogP contribution in [-0.4, -0.2) is 34.5 Å². The largest absolute Gasteiger partial charge is 0.421 e. The fraction of sp³-hybridized carbons (Fsp3) is 0.278. The Labute approximate surface area is 159 Å². The summed E-state index contributed by atoms with van der Waals surface area (Å²) in [5.74, 6) is -0.486. The number of hydrogen-bond acceptors (Lipinski definition) is 5. The van der Waals surface area contributed by atoms with E-state index in [1.54, 1.807) is 23.9 Å². The quantitative estimate of drug-likeness (QED) is 0.634. The Morgan fingerprint density at radius 3 is 2.54 bits per heavy atom. The number of carbonyl (C=O) groups excluding carboxylic acids is 1. The van der Waals surface area contributed by atoms with Gasteiger partial charge in [-0.25, -0.2) is 4.98 Å². The molecule has 0 bridgehead atoms. The third-order valence-corrected chi connectivity index (χ3v) is 4.38. The second-order valence-electron chi connectivity index (χ2n) is 6.25. The van der Waals surface area contributed by atoms with Crippen LogP contribution in [0.5, 0.6) is 0 Å². The number of halogens is 3. The van der Waals surface area contributed by atoms with Gasteiger partial charge in [0.05, 0.1) is 11.1 Å². The van der Waals surface area contributed by atoms with Crippen molar-refractivity contribution in [2.75, 3.05) is 24.7 Å². The monoisotopic (exact) mass is 392 g/mol. The van der Waals surface area contributed by atoms with E-state index in [0.29, 0.717) is 11.3 Å². The maximum atomic E-state index is 13.0. The Hall–Kier alpha value is -3.30. The van der Waals surface area contributed by atoms with Crippen LogP contribution in [0.2, 0.25) is 0 Å². The first kappa shape index (κ1) is 19.5. The first-order valence-electron chi connectivity index (χ1n) is 8.36. The lowest BCUT2D eigenvalue weighted by atomic mass is 10.1. The number of alkyl halides is 3. The molecule has 0 aliphatic rings. The second-order valence-corrected chi connectivity index (χ2v) is 6.25. The minimum absolute atomic E-state index is 0.0283. The van der Waals surface area contributed by atoms with Gasteiger partial charge < -0.3 is 20.5 Å². The van der Waals surface area contributed by atoms with E-state index in [0.717, 1.165) is 22.7 Å². The SMILES string of the molecule is CNC(=O)c1cn(C)c2cc(Nc3ncc(C(F)(F)F)c(NC)n3)c(C)cc12. The van der Waals surface area contributed by atoms with Crippen molar-refractivity contribution in [2.24, 2.45) is 7.05 Å². The molecule has 0 unspecified atom stereocenters. The zero-order chi connectivity index (χ0) is 20.6. The van der Waals surface area contributed by atoms with Crippen LogP contribution in [0.3, 0.4) is 0 Å². The van der Waals surface area contributed by atoms with E-state index >= 15 is 0 Å². The number of rotatable bonds is 4. The summed E-state index contributed by atoms with van der Waals surface area (Å²) in [6.07, 6.45) is -2.09. The Balaban J connectivity index is 2.02. The van der Waals surface area contributed by atoms with Crippen LogP contribution in [0, 0.1) is 6.92 Å². The molecule has 2 heterocycles. The molecule has 28 heavy (non-hydrogen) atoms. The fourth-order valence-electron chi connectivity index (χ4n) is 2.95. The average molecular weight is 392 g/mol. The molecule has 0 fully saturated rings. The number of nitrogens with one attached hydrogen (secondary N) is 3. The molecule has 3 rings (SSSR count). The minimum atomic E-state index is -4.55. The molecule has 3 aromatic rings. The summed E-state index contributed by atoms with van der Waals surface area (Å²) in [4.78, 5) is 19.8. The van der Waals surface area contributed by atoms with Gasteiger partial charge in [-0.15, -0.1) is 0 Å². The van der Waals surface area contributed by atoms with Crippen LogP contribution < -0.4 is 16.0 Å². The van der Waals surface area contributed by atoms with Crippen LogP contribution >= 0.6 is 0 Å². The lowest BCUT2D eigenvalue weighted by Gasteiger charge is -2.14. The van der Waals surface area contributed by atoms with Crippen molar-refractivity contribution >= 4 is 34.3 Å². The molecular formula is C18H19F3N6O. The Morgan fingerprint density at radius 1 is 1.21 bits per heavy atom. The first-order valence-corrected chi connectivity index (χ1v) is 8.36. The normalized spacial score (nSPS) is 11.5. The topological polar surface area (TPSA) is 83.9 Å². The van der Waals surface area contributed by atoms with Crippen molar-refractivity contribution in [3.63, 3.8) is 0 Å². The highest BCUT2D eigenvalue weighted by Crippen LogP contribution is 2.34. The van der Waals surface area contributed by atoms with Gasteiger partial charge in [-0.1, -0.05) is 0 Å². The molecule has 3 N–H and O–H groups in total. The molecule has 0 saturated heterocycles. The summed E-state index contributed by atoms with van der Waals surface area (Å²) in [5, 5.41) is 8.77. The maximum Gasteiger partial charge on any atom is 0.421 e.